The van der Waals surface area contributed by atoms with Crippen molar-refractivity contribution in [1.82, 2.24) is 0 Å². The van der Waals surface area contributed by atoms with Crippen LogP contribution in [0.5, 0.6) is 0 Å². The molecule has 0 aliphatic heterocycles. The average molecular weight is 212 g/mol. The van der Waals surface area contributed by atoms with Gasteiger partial charge in [-0.1, -0.05) is 41.0 Å². The van der Waals surface area contributed by atoms with Crippen molar-refractivity contribution in [3.05, 3.63) is 0 Å². The van der Waals surface area contributed by atoms with Gasteiger partial charge in [-0.2, -0.15) is 0 Å². The molecular formula is C14H28O. The van der Waals surface area contributed by atoms with E-state index in [1.807, 2.05) is 6.92 Å². The number of aliphatic hydroxyl groups is 1. The van der Waals surface area contributed by atoms with E-state index >= 15 is 0 Å². The molecule has 0 aromatic heterocycles. The van der Waals surface area contributed by atoms with Crippen LogP contribution in [0.2, 0.25) is 0 Å². The molecule has 0 bridgehead atoms. The van der Waals surface area contributed by atoms with E-state index in [1.165, 1.54) is 19.3 Å². The molecule has 0 saturated heterocycles. The molecule has 1 aliphatic rings. The summed E-state index contributed by atoms with van der Waals surface area (Å²) >= 11 is 0. The summed E-state index contributed by atoms with van der Waals surface area (Å²) in [6.07, 6.45) is 3.65. The van der Waals surface area contributed by atoms with E-state index in [9.17, 15) is 5.11 Å². The van der Waals surface area contributed by atoms with E-state index in [0.29, 0.717) is 5.92 Å². The van der Waals surface area contributed by atoms with Crippen molar-refractivity contribution >= 4 is 0 Å². The lowest BCUT2D eigenvalue weighted by Gasteiger charge is -2.47. The van der Waals surface area contributed by atoms with Crippen molar-refractivity contribution in [3.8, 4) is 0 Å². The Kier molecular flexibility index (Phi) is 3.55. The van der Waals surface area contributed by atoms with E-state index in [1.54, 1.807) is 0 Å². The molecule has 1 rings (SSSR count). The molecule has 15 heavy (non-hydrogen) atoms. The molecule has 0 spiro atoms. The SMILES string of the molecule is CC1CCC(C(C)(O)C(C)(C)C)CC1C. The lowest BCUT2D eigenvalue weighted by molar-refractivity contribution is -0.108. The first-order chi connectivity index (χ1) is 6.66. The van der Waals surface area contributed by atoms with Gasteiger partial charge in [-0.15, -0.1) is 0 Å². The lowest BCUT2D eigenvalue weighted by atomic mass is 9.62. The number of rotatable bonds is 1. The topological polar surface area (TPSA) is 20.2 Å². The molecule has 0 aromatic carbocycles. The van der Waals surface area contributed by atoms with Gasteiger partial charge in [-0.25, -0.2) is 0 Å². The molecule has 0 aromatic rings. The maximum absolute atomic E-state index is 10.7. The fraction of sp³-hybridized carbons (Fsp3) is 1.00. The summed E-state index contributed by atoms with van der Waals surface area (Å²) in [5, 5.41) is 10.7. The van der Waals surface area contributed by atoms with Gasteiger partial charge in [0.05, 0.1) is 5.60 Å². The molecule has 4 atom stereocenters. The first-order valence-electron chi connectivity index (χ1n) is 6.38. The van der Waals surface area contributed by atoms with Crippen LogP contribution in [0.3, 0.4) is 0 Å². The highest BCUT2D eigenvalue weighted by molar-refractivity contribution is 4.95. The van der Waals surface area contributed by atoms with Crippen LogP contribution in [0.1, 0.15) is 60.8 Å². The molecule has 1 heteroatoms. The van der Waals surface area contributed by atoms with E-state index in [2.05, 4.69) is 34.6 Å². The second-order valence-corrected chi connectivity index (χ2v) is 6.86. The van der Waals surface area contributed by atoms with E-state index in [0.717, 1.165) is 11.8 Å². The van der Waals surface area contributed by atoms with Gasteiger partial charge in [-0.3, -0.25) is 0 Å². The summed E-state index contributed by atoms with van der Waals surface area (Å²) in [6, 6.07) is 0. The highest BCUT2D eigenvalue weighted by atomic mass is 16.3. The maximum Gasteiger partial charge on any atom is 0.0695 e. The first kappa shape index (κ1) is 13.0. The van der Waals surface area contributed by atoms with Crippen LogP contribution < -0.4 is 0 Å². The van der Waals surface area contributed by atoms with Gasteiger partial charge >= 0.3 is 0 Å². The fourth-order valence-electron chi connectivity index (χ4n) is 2.67. The van der Waals surface area contributed by atoms with Crippen LogP contribution in [0, 0.1) is 23.2 Å². The Morgan fingerprint density at radius 1 is 0.933 bits per heavy atom. The molecule has 1 saturated carbocycles. The zero-order valence-electron chi connectivity index (χ0n) is 11.3. The molecule has 0 heterocycles. The van der Waals surface area contributed by atoms with Crippen LogP contribution in [0.15, 0.2) is 0 Å². The second-order valence-electron chi connectivity index (χ2n) is 6.86. The maximum atomic E-state index is 10.7. The Balaban J connectivity index is 2.73. The van der Waals surface area contributed by atoms with Gasteiger partial charge in [0.2, 0.25) is 0 Å². The van der Waals surface area contributed by atoms with Crippen molar-refractivity contribution in [1.29, 1.82) is 0 Å². The zero-order chi connectivity index (χ0) is 11.9. The quantitative estimate of drug-likeness (QED) is 0.700. The third kappa shape index (κ3) is 2.55. The van der Waals surface area contributed by atoms with Gasteiger partial charge in [0.25, 0.3) is 0 Å². The van der Waals surface area contributed by atoms with Crippen LogP contribution >= 0.6 is 0 Å². The Bertz CT molecular complexity index is 212. The van der Waals surface area contributed by atoms with Gasteiger partial charge in [0.15, 0.2) is 0 Å². The van der Waals surface area contributed by atoms with Gasteiger partial charge < -0.3 is 5.11 Å². The van der Waals surface area contributed by atoms with Crippen molar-refractivity contribution in [2.24, 2.45) is 23.2 Å². The normalized spacial score (nSPS) is 37.4. The molecule has 4 unspecified atom stereocenters. The van der Waals surface area contributed by atoms with Crippen molar-refractivity contribution in [2.45, 2.75) is 66.4 Å². The summed E-state index contributed by atoms with van der Waals surface area (Å²) in [5.41, 5.74) is -0.542. The Labute approximate surface area is 95.3 Å². The van der Waals surface area contributed by atoms with Gasteiger partial charge in [0.1, 0.15) is 0 Å². The van der Waals surface area contributed by atoms with Gasteiger partial charge in [0, 0.05) is 0 Å². The highest BCUT2D eigenvalue weighted by Gasteiger charge is 2.44. The standard InChI is InChI=1S/C14H28O/c1-10-7-8-12(9-11(10)2)14(6,15)13(3,4)5/h10-12,15H,7-9H2,1-6H3. The third-order valence-electron chi connectivity index (χ3n) is 4.91. The zero-order valence-corrected chi connectivity index (χ0v) is 11.3. The van der Waals surface area contributed by atoms with Crippen LogP contribution in [0.25, 0.3) is 0 Å². The Hall–Kier alpha value is -0.0400. The molecule has 0 amide bonds. The molecule has 0 radical (unpaired) electrons. The third-order valence-corrected chi connectivity index (χ3v) is 4.91. The van der Waals surface area contributed by atoms with Crippen LogP contribution in [-0.2, 0) is 0 Å². The smallest absolute Gasteiger partial charge is 0.0695 e. The largest absolute Gasteiger partial charge is 0.389 e. The summed E-state index contributed by atoms with van der Waals surface area (Å²) in [4.78, 5) is 0. The monoisotopic (exact) mass is 212 g/mol. The van der Waals surface area contributed by atoms with Crippen molar-refractivity contribution in [3.63, 3.8) is 0 Å². The molecule has 90 valence electrons. The Morgan fingerprint density at radius 2 is 1.47 bits per heavy atom. The summed E-state index contributed by atoms with van der Waals surface area (Å²) in [5.74, 6) is 2.07. The molecule has 1 aliphatic carbocycles. The van der Waals surface area contributed by atoms with E-state index < -0.39 is 5.60 Å². The average Bonchev–Trinajstić information content (AvgIpc) is 2.07. The molecular weight excluding hydrogens is 184 g/mol. The van der Waals surface area contributed by atoms with Crippen molar-refractivity contribution < 1.29 is 5.11 Å². The molecule has 1 nitrogen and oxygen atoms in total. The Morgan fingerprint density at radius 3 is 1.87 bits per heavy atom. The minimum absolute atomic E-state index is 0.0159. The second kappa shape index (κ2) is 4.08. The number of hydrogen-bond donors (Lipinski definition) is 1. The fourth-order valence-corrected chi connectivity index (χ4v) is 2.67. The van der Waals surface area contributed by atoms with Gasteiger partial charge in [-0.05, 0) is 42.9 Å². The predicted molar refractivity (Wildman–Crippen MR) is 65.7 cm³/mol. The minimum Gasteiger partial charge on any atom is -0.389 e. The van der Waals surface area contributed by atoms with Crippen molar-refractivity contribution in [2.75, 3.05) is 0 Å². The van der Waals surface area contributed by atoms with E-state index in [4.69, 9.17) is 0 Å². The highest BCUT2D eigenvalue weighted by Crippen LogP contribution is 2.45. The summed E-state index contributed by atoms with van der Waals surface area (Å²) in [7, 11) is 0. The van der Waals surface area contributed by atoms with E-state index in [-0.39, 0.29) is 5.41 Å². The number of hydrogen-bond acceptors (Lipinski definition) is 1. The summed E-state index contributed by atoms with van der Waals surface area (Å²) in [6.45, 7) is 13.1. The lowest BCUT2D eigenvalue weighted by Crippen LogP contribution is -2.48. The minimum atomic E-state index is -0.526. The van der Waals surface area contributed by atoms with Crippen LogP contribution in [0.4, 0.5) is 0 Å². The predicted octanol–water partition coefficient (Wildman–Crippen LogP) is 3.86. The van der Waals surface area contributed by atoms with Crippen LogP contribution in [-0.4, -0.2) is 10.7 Å². The molecule has 1 fully saturated rings. The molecule has 1 N–H and O–H groups in total. The summed E-state index contributed by atoms with van der Waals surface area (Å²) < 4.78 is 0. The first-order valence-corrected chi connectivity index (χ1v) is 6.38.